The standard InChI is InChI=1S/C20H20N4O2/c1-24-17-9-4-3-8-16(17)23-19(24)11-6-12-22-20(25)14-26-18-10-5-2-7-15(18)13-21/h2-5,7-10H,6,11-12,14H2,1H3,(H,22,25). The van der Waals surface area contributed by atoms with Gasteiger partial charge < -0.3 is 14.6 Å². The second kappa shape index (κ2) is 8.17. The second-order valence-electron chi connectivity index (χ2n) is 5.93. The van der Waals surface area contributed by atoms with Gasteiger partial charge in [0.1, 0.15) is 17.6 Å². The Kier molecular flexibility index (Phi) is 5.49. The molecule has 1 heterocycles. The number of nitrogens with zero attached hydrogens (tertiary/aromatic N) is 3. The monoisotopic (exact) mass is 348 g/mol. The molecule has 1 amide bonds. The molecule has 0 saturated carbocycles. The molecule has 3 aromatic rings. The highest BCUT2D eigenvalue weighted by molar-refractivity contribution is 5.77. The van der Waals surface area contributed by atoms with E-state index < -0.39 is 0 Å². The van der Waals surface area contributed by atoms with E-state index in [4.69, 9.17) is 10.00 Å². The molecule has 3 rings (SSSR count). The van der Waals surface area contributed by atoms with Gasteiger partial charge in [-0.3, -0.25) is 4.79 Å². The van der Waals surface area contributed by atoms with Crippen molar-refractivity contribution in [1.29, 1.82) is 5.26 Å². The summed E-state index contributed by atoms with van der Waals surface area (Å²) in [7, 11) is 2.00. The molecule has 1 aromatic heterocycles. The fourth-order valence-electron chi connectivity index (χ4n) is 2.77. The molecule has 0 radical (unpaired) electrons. The lowest BCUT2D eigenvalue weighted by atomic mass is 10.2. The van der Waals surface area contributed by atoms with Crippen LogP contribution >= 0.6 is 0 Å². The van der Waals surface area contributed by atoms with Crippen molar-refractivity contribution in [2.45, 2.75) is 12.8 Å². The van der Waals surface area contributed by atoms with E-state index in [0.717, 1.165) is 29.7 Å². The van der Waals surface area contributed by atoms with Crippen LogP contribution in [0.4, 0.5) is 0 Å². The summed E-state index contributed by atoms with van der Waals surface area (Å²) in [4.78, 5) is 16.5. The zero-order chi connectivity index (χ0) is 18.4. The van der Waals surface area contributed by atoms with Crippen molar-refractivity contribution in [3.05, 3.63) is 59.9 Å². The Morgan fingerprint density at radius 2 is 2.00 bits per heavy atom. The minimum Gasteiger partial charge on any atom is -0.482 e. The zero-order valence-corrected chi connectivity index (χ0v) is 14.6. The molecule has 2 aromatic carbocycles. The fourth-order valence-corrected chi connectivity index (χ4v) is 2.77. The van der Waals surface area contributed by atoms with Crippen LogP contribution in [0.2, 0.25) is 0 Å². The minimum atomic E-state index is -0.206. The van der Waals surface area contributed by atoms with Crippen LogP contribution in [-0.4, -0.2) is 28.6 Å². The Labute approximate surface area is 152 Å². The van der Waals surface area contributed by atoms with Gasteiger partial charge in [0.05, 0.1) is 16.6 Å². The molecule has 0 aliphatic heterocycles. The Hall–Kier alpha value is -3.33. The third kappa shape index (κ3) is 4.01. The van der Waals surface area contributed by atoms with Gasteiger partial charge in [0.15, 0.2) is 6.61 Å². The summed E-state index contributed by atoms with van der Waals surface area (Å²) >= 11 is 0. The molecule has 0 saturated heterocycles. The molecule has 1 N–H and O–H groups in total. The molecule has 0 aliphatic carbocycles. The first kappa shape index (κ1) is 17.5. The van der Waals surface area contributed by atoms with Crippen molar-refractivity contribution in [3.8, 4) is 11.8 Å². The molecule has 0 atom stereocenters. The largest absolute Gasteiger partial charge is 0.482 e. The van der Waals surface area contributed by atoms with Crippen LogP contribution in [-0.2, 0) is 18.3 Å². The molecule has 6 heteroatoms. The lowest BCUT2D eigenvalue weighted by Gasteiger charge is -2.08. The summed E-state index contributed by atoms with van der Waals surface area (Å²) < 4.78 is 7.50. The zero-order valence-electron chi connectivity index (χ0n) is 14.6. The number of amides is 1. The summed E-state index contributed by atoms with van der Waals surface area (Å²) in [5, 5.41) is 11.8. The molecular weight excluding hydrogens is 328 g/mol. The quantitative estimate of drug-likeness (QED) is 0.666. The maximum Gasteiger partial charge on any atom is 0.257 e. The van der Waals surface area contributed by atoms with Crippen LogP contribution < -0.4 is 10.1 Å². The van der Waals surface area contributed by atoms with E-state index in [9.17, 15) is 4.79 Å². The number of nitrogens with one attached hydrogen (secondary N) is 1. The van der Waals surface area contributed by atoms with Gasteiger partial charge in [-0.1, -0.05) is 24.3 Å². The van der Waals surface area contributed by atoms with Crippen molar-refractivity contribution < 1.29 is 9.53 Å². The first-order chi connectivity index (χ1) is 12.7. The Balaban J connectivity index is 1.44. The molecule has 132 valence electrons. The summed E-state index contributed by atoms with van der Waals surface area (Å²) in [6.45, 7) is 0.441. The van der Waals surface area contributed by atoms with Gasteiger partial charge in [0, 0.05) is 20.0 Å². The van der Waals surface area contributed by atoms with E-state index in [2.05, 4.69) is 14.9 Å². The lowest BCUT2D eigenvalue weighted by molar-refractivity contribution is -0.123. The highest BCUT2D eigenvalue weighted by Gasteiger charge is 2.08. The highest BCUT2D eigenvalue weighted by Crippen LogP contribution is 2.16. The molecular formula is C20H20N4O2. The number of imidazole rings is 1. The SMILES string of the molecule is Cn1c(CCCNC(=O)COc2ccccc2C#N)nc2ccccc21. The average molecular weight is 348 g/mol. The average Bonchev–Trinajstić information content (AvgIpc) is 3.00. The van der Waals surface area contributed by atoms with Gasteiger partial charge in [-0.15, -0.1) is 0 Å². The molecule has 0 fully saturated rings. The first-order valence-electron chi connectivity index (χ1n) is 8.48. The highest BCUT2D eigenvalue weighted by atomic mass is 16.5. The van der Waals surface area contributed by atoms with E-state index >= 15 is 0 Å². The van der Waals surface area contributed by atoms with E-state index in [1.807, 2.05) is 37.4 Å². The summed E-state index contributed by atoms with van der Waals surface area (Å²) in [5.41, 5.74) is 2.51. The number of aryl methyl sites for hydroxylation is 2. The van der Waals surface area contributed by atoms with Crippen molar-refractivity contribution in [2.75, 3.05) is 13.2 Å². The van der Waals surface area contributed by atoms with Crippen molar-refractivity contribution >= 4 is 16.9 Å². The predicted molar refractivity (Wildman–Crippen MR) is 98.7 cm³/mol. The maximum absolute atomic E-state index is 11.9. The number of carbonyl (C=O) groups excluding carboxylic acids is 1. The van der Waals surface area contributed by atoms with Gasteiger partial charge in [-0.25, -0.2) is 4.98 Å². The smallest absolute Gasteiger partial charge is 0.257 e. The molecule has 0 aliphatic rings. The van der Waals surface area contributed by atoms with Crippen molar-refractivity contribution in [3.63, 3.8) is 0 Å². The molecule has 6 nitrogen and oxygen atoms in total. The van der Waals surface area contributed by atoms with Crippen LogP contribution in [0, 0.1) is 11.3 Å². The van der Waals surface area contributed by atoms with E-state index in [1.165, 1.54) is 0 Å². The summed E-state index contributed by atoms with van der Waals surface area (Å²) in [5.74, 6) is 1.22. The van der Waals surface area contributed by atoms with Gasteiger partial charge in [0.25, 0.3) is 5.91 Å². The summed E-state index contributed by atoms with van der Waals surface area (Å²) in [6, 6.07) is 16.9. The third-order valence-electron chi connectivity index (χ3n) is 4.15. The minimum absolute atomic E-state index is 0.106. The lowest BCUT2D eigenvalue weighted by Crippen LogP contribution is -2.30. The Morgan fingerprint density at radius 3 is 2.81 bits per heavy atom. The number of ether oxygens (including phenoxy) is 1. The number of hydrogen-bond acceptors (Lipinski definition) is 4. The number of rotatable bonds is 7. The van der Waals surface area contributed by atoms with Crippen LogP contribution in [0.3, 0.4) is 0 Å². The normalized spacial score (nSPS) is 10.5. The van der Waals surface area contributed by atoms with Gasteiger partial charge >= 0.3 is 0 Å². The van der Waals surface area contributed by atoms with Crippen LogP contribution in [0.15, 0.2) is 48.5 Å². The van der Waals surface area contributed by atoms with Crippen LogP contribution in [0.1, 0.15) is 17.8 Å². The fraction of sp³-hybridized carbons (Fsp3) is 0.250. The molecule has 26 heavy (non-hydrogen) atoms. The van der Waals surface area contributed by atoms with Gasteiger partial charge in [-0.2, -0.15) is 5.26 Å². The summed E-state index contributed by atoms with van der Waals surface area (Å²) in [6.07, 6.45) is 1.57. The Bertz CT molecular complexity index is 956. The third-order valence-corrected chi connectivity index (χ3v) is 4.15. The van der Waals surface area contributed by atoms with E-state index in [0.29, 0.717) is 17.9 Å². The van der Waals surface area contributed by atoms with Crippen molar-refractivity contribution in [2.24, 2.45) is 7.05 Å². The molecule has 0 unspecified atom stereocenters. The predicted octanol–water partition coefficient (Wildman–Crippen LogP) is 2.57. The Morgan fingerprint density at radius 1 is 1.23 bits per heavy atom. The van der Waals surface area contributed by atoms with Crippen molar-refractivity contribution in [1.82, 2.24) is 14.9 Å². The van der Waals surface area contributed by atoms with Crippen LogP contribution in [0.5, 0.6) is 5.75 Å². The number of hydrogen-bond donors (Lipinski definition) is 1. The number of aromatic nitrogens is 2. The van der Waals surface area contributed by atoms with Crippen LogP contribution in [0.25, 0.3) is 11.0 Å². The number of para-hydroxylation sites is 3. The number of fused-ring (bicyclic) bond motifs is 1. The van der Waals surface area contributed by atoms with Gasteiger partial charge in [-0.05, 0) is 30.7 Å². The van der Waals surface area contributed by atoms with E-state index in [-0.39, 0.29) is 12.5 Å². The first-order valence-corrected chi connectivity index (χ1v) is 8.48. The van der Waals surface area contributed by atoms with Gasteiger partial charge in [0.2, 0.25) is 0 Å². The maximum atomic E-state index is 11.9. The number of benzene rings is 2. The number of nitriles is 1. The topological polar surface area (TPSA) is 79.9 Å². The molecule has 0 spiro atoms. The number of carbonyl (C=O) groups is 1. The molecule has 0 bridgehead atoms. The van der Waals surface area contributed by atoms with E-state index in [1.54, 1.807) is 24.3 Å². The second-order valence-corrected chi connectivity index (χ2v) is 5.93.